The number of nitro groups is 1. The summed E-state index contributed by atoms with van der Waals surface area (Å²) in [7, 11) is 0. The fraction of sp³-hybridized carbons (Fsp3) is 0. The molecule has 0 aliphatic rings. The number of hydrogen-bond donors (Lipinski definition) is 2. The Balaban J connectivity index is 2.76. The van der Waals surface area contributed by atoms with E-state index in [2.05, 4.69) is 4.98 Å². The number of hydrogen-bond acceptors (Lipinski definition) is 5. The van der Waals surface area contributed by atoms with Crippen molar-refractivity contribution >= 4 is 22.4 Å². The lowest BCUT2D eigenvalue weighted by Gasteiger charge is -1.99. The zero-order chi connectivity index (χ0) is 11.0. The highest BCUT2D eigenvalue weighted by molar-refractivity contribution is 5.88. The molecule has 0 radical (unpaired) electrons. The van der Waals surface area contributed by atoms with E-state index in [1.165, 1.54) is 18.2 Å². The van der Waals surface area contributed by atoms with Crippen molar-refractivity contribution in [2.24, 2.45) is 0 Å². The van der Waals surface area contributed by atoms with Gasteiger partial charge in [0.2, 0.25) is 5.52 Å². The third-order valence-electron chi connectivity index (χ3n) is 1.97. The highest BCUT2D eigenvalue weighted by Gasteiger charge is 2.13. The number of anilines is 1. The van der Waals surface area contributed by atoms with Crippen molar-refractivity contribution in [2.45, 2.75) is 0 Å². The van der Waals surface area contributed by atoms with E-state index in [1.54, 1.807) is 6.07 Å². The van der Waals surface area contributed by atoms with Crippen LogP contribution in [0, 0.1) is 10.1 Å². The van der Waals surface area contributed by atoms with Gasteiger partial charge in [0.15, 0.2) is 5.75 Å². The van der Waals surface area contributed by atoms with Crippen LogP contribution >= 0.6 is 0 Å². The van der Waals surface area contributed by atoms with Gasteiger partial charge >= 0.3 is 5.82 Å². The summed E-state index contributed by atoms with van der Waals surface area (Å²) >= 11 is 0. The molecule has 1 heterocycles. The first-order valence-electron chi connectivity index (χ1n) is 4.11. The van der Waals surface area contributed by atoms with Crippen LogP contribution in [0.25, 0.3) is 10.9 Å². The molecule has 0 saturated heterocycles. The molecule has 15 heavy (non-hydrogen) atoms. The average molecular weight is 205 g/mol. The van der Waals surface area contributed by atoms with Crippen LogP contribution in [-0.4, -0.2) is 15.0 Å². The summed E-state index contributed by atoms with van der Waals surface area (Å²) in [6, 6.07) is 5.66. The van der Waals surface area contributed by atoms with Crippen LogP contribution in [0.1, 0.15) is 0 Å². The van der Waals surface area contributed by atoms with E-state index in [1.807, 2.05) is 0 Å². The van der Waals surface area contributed by atoms with Gasteiger partial charge in [-0.15, -0.1) is 0 Å². The quantitative estimate of drug-likeness (QED) is 0.416. The SMILES string of the molecule is Nc1cc(O)c2nc([N+](=O)[O-])ccc2c1. The molecule has 0 saturated carbocycles. The lowest BCUT2D eigenvalue weighted by molar-refractivity contribution is -0.389. The number of nitrogen functional groups attached to an aromatic ring is 1. The minimum Gasteiger partial charge on any atom is -0.504 e. The molecule has 0 spiro atoms. The number of benzene rings is 1. The van der Waals surface area contributed by atoms with Crippen molar-refractivity contribution in [3.63, 3.8) is 0 Å². The van der Waals surface area contributed by atoms with Gasteiger partial charge in [0.1, 0.15) is 0 Å². The van der Waals surface area contributed by atoms with Gasteiger partial charge in [0, 0.05) is 23.2 Å². The van der Waals surface area contributed by atoms with Crippen molar-refractivity contribution in [2.75, 3.05) is 5.73 Å². The minimum absolute atomic E-state index is 0.159. The van der Waals surface area contributed by atoms with E-state index < -0.39 is 4.92 Å². The van der Waals surface area contributed by atoms with Crippen molar-refractivity contribution in [1.29, 1.82) is 0 Å². The van der Waals surface area contributed by atoms with Crippen molar-refractivity contribution < 1.29 is 10.0 Å². The monoisotopic (exact) mass is 205 g/mol. The van der Waals surface area contributed by atoms with E-state index >= 15 is 0 Å². The Morgan fingerprint density at radius 3 is 2.80 bits per heavy atom. The summed E-state index contributed by atoms with van der Waals surface area (Å²) < 4.78 is 0. The molecular formula is C9H7N3O3. The Bertz CT molecular complexity index is 554. The van der Waals surface area contributed by atoms with Crippen molar-refractivity contribution in [3.8, 4) is 5.75 Å². The largest absolute Gasteiger partial charge is 0.504 e. The summed E-state index contributed by atoms with van der Waals surface area (Å²) in [5, 5.41) is 20.5. The maximum absolute atomic E-state index is 10.5. The maximum Gasteiger partial charge on any atom is 0.364 e. The molecule has 0 fully saturated rings. The number of aromatic nitrogens is 1. The van der Waals surface area contributed by atoms with E-state index in [0.29, 0.717) is 11.1 Å². The lowest BCUT2D eigenvalue weighted by atomic mass is 10.2. The second-order valence-corrected chi connectivity index (χ2v) is 3.04. The smallest absolute Gasteiger partial charge is 0.364 e. The summed E-state index contributed by atoms with van der Waals surface area (Å²) in [6.07, 6.45) is 0. The fourth-order valence-corrected chi connectivity index (χ4v) is 1.33. The molecule has 76 valence electrons. The van der Waals surface area contributed by atoms with Crippen molar-refractivity contribution in [1.82, 2.24) is 4.98 Å². The first-order chi connectivity index (χ1) is 7.08. The minimum atomic E-state index is -0.616. The predicted molar refractivity (Wildman–Crippen MR) is 54.5 cm³/mol. The van der Waals surface area contributed by atoms with Crippen LogP contribution in [0.3, 0.4) is 0 Å². The third kappa shape index (κ3) is 1.52. The van der Waals surface area contributed by atoms with Crippen LogP contribution in [0.4, 0.5) is 11.5 Å². The number of nitrogens with zero attached hydrogens (tertiary/aromatic N) is 2. The van der Waals surface area contributed by atoms with Gasteiger partial charge in [-0.3, -0.25) is 0 Å². The number of fused-ring (bicyclic) bond motifs is 1. The summed E-state index contributed by atoms with van der Waals surface area (Å²) in [4.78, 5) is 13.6. The zero-order valence-electron chi connectivity index (χ0n) is 7.54. The molecule has 0 bridgehead atoms. The van der Waals surface area contributed by atoms with Gasteiger partial charge in [-0.1, -0.05) is 0 Å². The highest BCUT2D eigenvalue weighted by Crippen LogP contribution is 2.27. The van der Waals surface area contributed by atoms with E-state index in [-0.39, 0.29) is 17.1 Å². The van der Waals surface area contributed by atoms with E-state index in [9.17, 15) is 15.2 Å². The number of phenols is 1. The molecule has 0 amide bonds. The fourth-order valence-electron chi connectivity index (χ4n) is 1.33. The van der Waals surface area contributed by atoms with Crippen LogP contribution in [0.2, 0.25) is 0 Å². The Kier molecular flexibility index (Phi) is 1.89. The molecule has 0 aliphatic heterocycles. The Morgan fingerprint density at radius 2 is 2.13 bits per heavy atom. The first kappa shape index (κ1) is 9.20. The summed E-state index contributed by atoms with van der Waals surface area (Å²) in [5.41, 5.74) is 6.06. The van der Waals surface area contributed by atoms with E-state index in [4.69, 9.17) is 5.73 Å². The van der Waals surface area contributed by atoms with Gasteiger partial charge in [0.05, 0.1) is 0 Å². The predicted octanol–water partition coefficient (Wildman–Crippen LogP) is 1.43. The molecule has 2 aromatic rings. The topological polar surface area (TPSA) is 102 Å². The molecule has 2 rings (SSSR count). The number of phenolic OH excluding ortho intramolecular Hbond substituents is 1. The second-order valence-electron chi connectivity index (χ2n) is 3.04. The molecule has 6 heteroatoms. The molecule has 0 aliphatic carbocycles. The Labute approximate surface area is 84.1 Å². The molecule has 0 unspecified atom stereocenters. The molecule has 6 nitrogen and oxygen atoms in total. The van der Waals surface area contributed by atoms with Gasteiger partial charge in [0.25, 0.3) is 0 Å². The Morgan fingerprint density at radius 1 is 1.40 bits per heavy atom. The Hall–Kier alpha value is -2.37. The maximum atomic E-state index is 10.5. The molecular weight excluding hydrogens is 198 g/mol. The summed E-state index contributed by atoms with van der Waals surface area (Å²) in [6.45, 7) is 0. The van der Waals surface area contributed by atoms with Gasteiger partial charge < -0.3 is 21.0 Å². The van der Waals surface area contributed by atoms with E-state index in [0.717, 1.165) is 0 Å². The molecule has 0 atom stereocenters. The normalized spacial score (nSPS) is 10.4. The van der Waals surface area contributed by atoms with Gasteiger partial charge in [-0.2, -0.15) is 0 Å². The first-order valence-corrected chi connectivity index (χ1v) is 4.11. The molecule has 3 N–H and O–H groups in total. The van der Waals surface area contributed by atoms with Gasteiger partial charge in [-0.05, 0) is 22.0 Å². The number of pyridine rings is 1. The highest BCUT2D eigenvalue weighted by atomic mass is 16.6. The third-order valence-corrected chi connectivity index (χ3v) is 1.97. The molecule has 1 aromatic carbocycles. The van der Waals surface area contributed by atoms with Crippen LogP contribution < -0.4 is 5.73 Å². The van der Waals surface area contributed by atoms with Crippen LogP contribution in [-0.2, 0) is 0 Å². The number of rotatable bonds is 1. The van der Waals surface area contributed by atoms with Gasteiger partial charge in [-0.25, -0.2) is 0 Å². The standard InChI is InChI=1S/C9H7N3O3/c10-6-3-5-1-2-8(12(14)15)11-9(5)7(13)4-6/h1-4,13H,10H2. The zero-order valence-corrected chi connectivity index (χ0v) is 7.54. The second kappa shape index (κ2) is 3.09. The number of nitrogens with two attached hydrogens (primary N) is 1. The van der Waals surface area contributed by atoms with Crippen LogP contribution in [0.15, 0.2) is 24.3 Å². The van der Waals surface area contributed by atoms with Crippen LogP contribution in [0.5, 0.6) is 5.75 Å². The average Bonchev–Trinajstić information content (AvgIpc) is 2.16. The lowest BCUT2D eigenvalue weighted by Crippen LogP contribution is -1.93. The summed E-state index contributed by atoms with van der Waals surface area (Å²) in [5.74, 6) is -0.462. The molecule has 1 aromatic heterocycles. The number of aromatic hydroxyl groups is 1. The van der Waals surface area contributed by atoms with Crippen molar-refractivity contribution in [3.05, 3.63) is 34.4 Å².